The molecule has 4 N–H and O–H groups in total. The summed E-state index contributed by atoms with van der Waals surface area (Å²) in [5.41, 5.74) is 0.629. The molecule has 18 nitrogen and oxygen atoms in total. The van der Waals surface area contributed by atoms with E-state index in [4.69, 9.17) is 32.7 Å². The van der Waals surface area contributed by atoms with Gasteiger partial charge in [0.15, 0.2) is 5.75 Å². The molecular weight excluding hydrogens is 1170 g/mol. The molecule has 0 aliphatic carbocycles. The molecule has 23 heteroatoms. The number of halogens is 2. The number of carbonyl (C=O) groups is 2. The van der Waals surface area contributed by atoms with Gasteiger partial charge in [0.1, 0.15) is 43.6 Å². The van der Waals surface area contributed by atoms with Crippen LogP contribution < -0.4 is 25.2 Å². The summed E-state index contributed by atoms with van der Waals surface area (Å²) in [6.45, 7) is 7.83. The van der Waals surface area contributed by atoms with Gasteiger partial charge >= 0.3 is 48.9 Å². The Kier molecular flexibility index (Phi) is 19.3. The van der Waals surface area contributed by atoms with Crippen molar-refractivity contribution in [1.29, 1.82) is 0 Å². The zero-order valence-corrected chi connectivity index (χ0v) is 47.7. The topological polar surface area (TPSA) is 281 Å². The third-order valence-electron chi connectivity index (χ3n) is 10.8. The number of ether oxygens (including phenoxy) is 2. The van der Waals surface area contributed by atoms with E-state index < -0.39 is 53.3 Å². The van der Waals surface area contributed by atoms with E-state index in [1.54, 1.807) is 104 Å². The van der Waals surface area contributed by atoms with Gasteiger partial charge in [-0.1, -0.05) is 77.5 Å². The number of nitrogens with one attached hydrogen (secondary N) is 2. The van der Waals surface area contributed by atoms with Gasteiger partial charge in [0, 0.05) is 37.8 Å². The molecule has 0 aromatic heterocycles. The number of aromatic hydroxyl groups is 1. The molecule has 8 aromatic rings. The van der Waals surface area contributed by atoms with Crippen molar-refractivity contribution < 1.29 is 55.2 Å². The first kappa shape index (κ1) is 57.9. The molecule has 8 rings (SSSR count). The van der Waals surface area contributed by atoms with Gasteiger partial charge < -0.3 is 34.9 Å². The van der Waals surface area contributed by atoms with Crippen LogP contribution in [0.2, 0.25) is 10.0 Å². The van der Waals surface area contributed by atoms with E-state index >= 15 is 0 Å². The summed E-state index contributed by atoms with van der Waals surface area (Å²) in [7, 11) is -9.55. The predicted molar refractivity (Wildman–Crippen MR) is 284 cm³/mol. The van der Waals surface area contributed by atoms with Crippen LogP contribution in [-0.4, -0.2) is 105 Å². The smallest absolute Gasteiger partial charge is 0.870 e. The SMILES string of the molecule is CCOc1ccc(NC(=O)c2cc3ccccc3c(N=Nc3cc(Cl)c(C)cc3S(=O)(=O)O)c2O)cc1.CCOc1ccc(NC(=O)c2cc3ccccc3c(N=Nc3cc(Cl)c(C)cc3S(=O)(=O)[O-])c2[O-])cc1.[Ba+2]. The van der Waals surface area contributed by atoms with Crippen LogP contribution >= 0.6 is 23.2 Å². The van der Waals surface area contributed by atoms with Gasteiger partial charge in [-0.25, -0.2) is 8.42 Å². The zero-order valence-electron chi connectivity index (χ0n) is 40.2. The second-order valence-corrected chi connectivity index (χ2v) is 19.5. The maximum absolute atomic E-state index is 13.3. The van der Waals surface area contributed by atoms with Crippen LogP contribution in [0.15, 0.2) is 164 Å². The molecule has 0 saturated carbocycles. The molecule has 0 saturated heterocycles. The number of benzene rings is 8. The Bertz CT molecular complexity index is 3530. The Balaban J connectivity index is 0.000000241. The number of anilines is 2. The molecule has 8 aromatic carbocycles. The van der Waals surface area contributed by atoms with E-state index in [1.807, 2.05) is 13.8 Å². The third kappa shape index (κ3) is 14.1. The van der Waals surface area contributed by atoms with Crippen molar-refractivity contribution in [3.63, 3.8) is 0 Å². The zero-order chi connectivity index (χ0) is 53.5. The molecule has 0 spiro atoms. The van der Waals surface area contributed by atoms with E-state index in [9.17, 15) is 45.7 Å². The van der Waals surface area contributed by atoms with Crippen LogP contribution in [0.25, 0.3) is 21.5 Å². The quantitative estimate of drug-likeness (QED) is 0.0449. The molecule has 0 unspecified atom stereocenters. The fraction of sp³-hybridized carbons (Fsp3) is 0.115. The second-order valence-electron chi connectivity index (χ2n) is 16.0. The molecule has 2 amide bonds. The average Bonchev–Trinajstić information content (AvgIpc) is 3.35. The molecule has 75 heavy (non-hydrogen) atoms. The van der Waals surface area contributed by atoms with E-state index in [0.717, 1.165) is 6.07 Å². The number of amides is 2. The van der Waals surface area contributed by atoms with Crippen molar-refractivity contribution in [1.82, 2.24) is 0 Å². The van der Waals surface area contributed by atoms with E-state index in [2.05, 4.69) is 31.1 Å². The number of phenols is 1. The first-order valence-electron chi connectivity index (χ1n) is 22.1. The number of aryl methyl sites for hydroxylation is 2. The van der Waals surface area contributed by atoms with Gasteiger partial charge in [-0.15, -0.1) is 15.3 Å². The summed E-state index contributed by atoms with van der Waals surface area (Å²) < 4.78 is 79.5. The van der Waals surface area contributed by atoms with Gasteiger partial charge in [-0.2, -0.15) is 13.5 Å². The van der Waals surface area contributed by atoms with Crippen molar-refractivity contribution >= 4 is 160 Å². The van der Waals surface area contributed by atoms with Gasteiger partial charge in [-0.05, 0) is 135 Å². The summed E-state index contributed by atoms with van der Waals surface area (Å²) in [6.07, 6.45) is 0. The molecule has 0 heterocycles. The van der Waals surface area contributed by atoms with E-state index in [-0.39, 0.29) is 92.8 Å². The molecule has 0 aliphatic heterocycles. The Labute approximate surface area is 481 Å². The third-order valence-corrected chi connectivity index (χ3v) is 13.4. The number of phenolic OH excluding ortho intramolecular Hbond substituents is 1. The molecule has 0 aliphatic rings. The van der Waals surface area contributed by atoms with Crippen LogP contribution in [0.3, 0.4) is 0 Å². The number of hydrogen-bond donors (Lipinski definition) is 4. The number of hydrogen-bond acceptors (Lipinski definition) is 15. The van der Waals surface area contributed by atoms with Gasteiger partial charge in [0.05, 0.1) is 29.4 Å². The molecular formula is C52H42BaCl2N6O12S2. The van der Waals surface area contributed by atoms with Gasteiger partial charge in [0.25, 0.3) is 21.9 Å². The Morgan fingerprint density at radius 1 is 0.600 bits per heavy atom. The number of carbonyl (C=O) groups excluding carboxylic acids is 2. The largest absolute Gasteiger partial charge is 2.00 e. The van der Waals surface area contributed by atoms with Crippen LogP contribution in [0, 0.1) is 13.8 Å². The number of rotatable bonds is 14. The maximum Gasteiger partial charge on any atom is 2.00 e. The van der Waals surface area contributed by atoms with Crippen LogP contribution in [-0.2, 0) is 20.2 Å². The standard InChI is InChI=1S/2C26H22ClN3O6S.Ba/c2*1-3-36-18-10-8-17(9-11-18)28-26(32)20-13-16-6-4-5-7-19(16)24(25(20)31)30-29-22-14-21(27)15(2)12-23(22)37(33,34)35;/h2*4-14,31H,3H2,1-2H3,(H,28,32)(H,33,34,35);/q;;+2/p-2. The number of fused-ring (bicyclic) bond motifs is 2. The van der Waals surface area contributed by atoms with Crippen molar-refractivity contribution in [2.75, 3.05) is 23.8 Å². The van der Waals surface area contributed by atoms with Crippen LogP contribution in [0.1, 0.15) is 45.7 Å². The molecule has 0 atom stereocenters. The summed E-state index contributed by atoms with van der Waals surface area (Å²) in [5.74, 6) is -1.17. The number of azo groups is 2. The number of nitrogens with zero attached hydrogens (tertiary/aromatic N) is 4. The normalized spacial score (nSPS) is 11.5. The van der Waals surface area contributed by atoms with Crippen molar-refractivity contribution in [3.8, 4) is 23.0 Å². The van der Waals surface area contributed by atoms with Gasteiger partial charge in [-0.3, -0.25) is 14.1 Å². The summed E-state index contributed by atoms with van der Waals surface area (Å²) >= 11 is 12.2. The predicted octanol–water partition coefficient (Wildman–Crippen LogP) is 12.3. The van der Waals surface area contributed by atoms with Crippen molar-refractivity contribution in [2.45, 2.75) is 37.5 Å². The molecule has 0 bridgehead atoms. The van der Waals surface area contributed by atoms with Crippen LogP contribution in [0.4, 0.5) is 34.1 Å². The van der Waals surface area contributed by atoms with E-state index in [0.29, 0.717) is 68.8 Å². The first-order chi connectivity index (χ1) is 35.2. The molecule has 0 radical (unpaired) electrons. The summed E-state index contributed by atoms with van der Waals surface area (Å²) in [6, 6.07) is 34.6. The van der Waals surface area contributed by atoms with Crippen LogP contribution in [0.5, 0.6) is 23.0 Å². The van der Waals surface area contributed by atoms with Crippen molar-refractivity contribution in [3.05, 3.63) is 166 Å². The van der Waals surface area contributed by atoms with E-state index in [1.165, 1.54) is 37.3 Å². The summed E-state index contributed by atoms with van der Waals surface area (Å²) in [5, 5.41) is 48.0. The fourth-order valence-electron chi connectivity index (χ4n) is 7.23. The second kappa shape index (κ2) is 25.0. The maximum atomic E-state index is 13.3. The Morgan fingerprint density at radius 2 is 1.01 bits per heavy atom. The fourth-order valence-corrected chi connectivity index (χ4v) is 8.91. The Hall–Kier alpha value is -6.41. The summed E-state index contributed by atoms with van der Waals surface area (Å²) in [4.78, 5) is 25.0. The molecule has 380 valence electrons. The minimum absolute atomic E-state index is 0. The Morgan fingerprint density at radius 3 is 1.48 bits per heavy atom. The average molecular weight is 1220 g/mol. The van der Waals surface area contributed by atoms with Crippen molar-refractivity contribution in [2.24, 2.45) is 20.5 Å². The monoisotopic (exact) mass is 1210 g/mol. The minimum atomic E-state index is -4.91. The minimum Gasteiger partial charge on any atom is -0.870 e. The first-order valence-corrected chi connectivity index (χ1v) is 25.7. The molecule has 0 fully saturated rings. The van der Waals surface area contributed by atoms with Gasteiger partial charge in [0.2, 0.25) is 0 Å².